The van der Waals surface area contributed by atoms with E-state index >= 15 is 0 Å². The Balaban J connectivity index is 1.54. The van der Waals surface area contributed by atoms with Crippen LogP contribution in [0.4, 0.5) is 0 Å². The van der Waals surface area contributed by atoms with Crippen LogP contribution in [0.25, 0.3) is 0 Å². The highest BCUT2D eigenvalue weighted by atomic mass is 32.1. The van der Waals surface area contributed by atoms with Crippen LogP contribution in [0.15, 0.2) is 6.20 Å². The lowest BCUT2D eigenvalue weighted by Crippen LogP contribution is -2.33. The molecule has 1 aromatic rings. The Morgan fingerprint density at radius 1 is 1.53 bits per heavy atom. The molecule has 2 rings (SSSR count). The van der Waals surface area contributed by atoms with Crippen molar-refractivity contribution in [1.29, 1.82) is 0 Å². The zero-order chi connectivity index (χ0) is 13.5. The lowest BCUT2D eigenvalue weighted by atomic mass is 10.1. The monoisotopic (exact) mass is 283 g/mol. The Labute approximate surface area is 120 Å². The fourth-order valence-corrected chi connectivity index (χ4v) is 3.06. The summed E-state index contributed by atoms with van der Waals surface area (Å²) >= 11 is 1.77. The second kappa shape index (κ2) is 7.94. The molecule has 1 aliphatic rings. The third kappa shape index (κ3) is 5.18. The predicted molar refractivity (Wildman–Crippen MR) is 79.7 cm³/mol. The van der Waals surface area contributed by atoms with Gasteiger partial charge in [-0.2, -0.15) is 0 Å². The fraction of sp³-hybridized carbons (Fsp3) is 0.786. The number of ether oxygens (including phenoxy) is 1. The van der Waals surface area contributed by atoms with E-state index in [2.05, 4.69) is 29.5 Å². The van der Waals surface area contributed by atoms with E-state index in [0.717, 1.165) is 45.5 Å². The SMILES string of the molecule is Cc1cnc(C(C)NCCCOC2CCNCC2)s1. The molecule has 2 N–H and O–H groups in total. The Morgan fingerprint density at radius 2 is 2.32 bits per heavy atom. The summed E-state index contributed by atoms with van der Waals surface area (Å²) in [6, 6.07) is 0.345. The van der Waals surface area contributed by atoms with Gasteiger partial charge < -0.3 is 15.4 Å². The molecule has 0 saturated carbocycles. The van der Waals surface area contributed by atoms with E-state index < -0.39 is 0 Å². The molecule has 0 radical (unpaired) electrons. The molecular formula is C14H25N3OS. The van der Waals surface area contributed by atoms with Gasteiger partial charge in [0.2, 0.25) is 0 Å². The van der Waals surface area contributed by atoms with Gasteiger partial charge in [-0.3, -0.25) is 0 Å². The minimum Gasteiger partial charge on any atom is -0.378 e. The Morgan fingerprint density at radius 3 is 3.00 bits per heavy atom. The molecule has 1 fully saturated rings. The molecule has 0 aliphatic carbocycles. The Bertz CT molecular complexity index is 363. The van der Waals surface area contributed by atoms with E-state index in [0.29, 0.717) is 12.1 Å². The van der Waals surface area contributed by atoms with E-state index in [1.54, 1.807) is 11.3 Å². The molecule has 0 spiro atoms. The van der Waals surface area contributed by atoms with Gasteiger partial charge in [-0.15, -0.1) is 11.3 Å². The molecule has 4 nitrogen and oxygen atoms in total. The van der Waals surface area contributed by atoms with E-state index in [1.165, 1.54) is 9.88 Å². The van der Waals surface area contributed by atoms with E-state index in [9.17, 15) is 0 Å². The quantitative estimate of drug-likeness (QED) is 0.754. The van der Waals surface area contributed by atoms with Crippen LogP contribution in [-0.4, -0.2) is 37.3 Å². The number of thiazole rings is 1. The van der Waals surface area contributed by atoms with Crippen molar-refractivity contribution in [3.05, 3.63) is 16.1 Å². The number of nitrogens with one attached hydrogen (secondary N) is 2. The van der Waals surface area contributed by atoms with Crippen LogP contribution in [0, 0.1) is 6.92 Å². The number of nitrogens with zero attached hydrogens (tertiary/aromatic N) is 1. The highest BCUT2D eigenvalue weighted by Gasteiger charge is 2.13. The summed E-state index contributed by atoms with van der Waals surface area (Å²) in [5, 5.41) is 8.04. The minimum atomic E-state index is 0.345. The molecule has 0 amide bonds. The van der Waals surface area contributed by atoms with Gasteiger partial charge in [0.1, 0.15) is 5.01 Å². The standard InChI is InChI=1S/C14H25N3OS/c1-11-10-17-14(19-11)12(2)16-6-3-9-18-13-4-7-15-8-5-13/h10,12-13,15-16H,3-9H2,1-2H3. The van der Waals surface area contributed by atoms with Crippen LogP contribution in [0.5, 0.6) is 0 Å². The van der Waals surface area contributed by atoms with E-state index in [4.69, 9.17) is 4.74 Å². The smallest absolute Gasteiger partial charge is 0.109 e. The number of hydrogen-bond acceptors (Lipinski definition) is 5. The number of aryl methyl sites for hydroxylation is 1. The van der Waals surface area contributed by atoms with Crippen LogP contribution < -0.4 is 10.6 Å². The van der Waals surface area contributed by atoms with Crippen LogP contribution in [0.1, 0.15) is 42.1 Å². The molecule has 0 aromatic carbocycles. The second-order valence-electron chi connectivity index (χ2n) is 5.16. The maximum Gasteiger partial charge on any atom is 0.109 e. The molecular weight excluding hydrogens is 258 g/mol. The maximum absolute atomic E-state index is 5.88. The first-order valence-corrected chi connectivity index (χ1v) is 8.05. The molecule has 5 heteroatoms. The van der Waals surface area contributed by atoms with Crippen LogP contribution >= 0.6 is 11.3 Å². The number of rotatable bonds is 7. The summed E-state index contributed by atoms with van der Waals surface area (Å²) in [6.07, 6.45) is 5.79. The highest BCUT2D eigenvalue weighted by Crippen LogP contribution is 2.18. The maximum atomic E-state index is 5.88. The Kier molecular flexibility index (Phi) is 6.23. The van der Waals surface area contributed by atoms with Crippen LogP contribution in [0.2, 0.25) is 0 Å². The molecule has 1 atom stereocenters. The van der Waals surface area contributed by atoms with Gasteiger partial charge in [0.25, 0.3) is 0 Å². The van der Waals surface area contributed by atoms with Gasteiger partial charge >= 0.3 is 0 Å². The van der Waals surface area contributed by atoms with Crippen molar-refractivity contribution < 1.29 is 4.74 Å². The van der Waals surface area contributed by atoms with Gasteiger partial charge in [0.15, 0.2) is 0 Å². The average Bonchev–Trinajstić information content (AvgIpc) is 2.86. The summed E-state index contributed by atoms with van der Waals surface area (Å²) in [5.41, 5.74) is 0. The van der Waals surface area contributed by atoms with Gasteiger partial charge in [0, 0.05) is 17.7 Å². The summed E-state index contributed by atoms with van der Waals surface area (Å²) in [6.45, 7) is 8.32. The van der Waals surface area contributed by atoms with Crippen molar-refractivity contribution in [2.45, 2.75) is 45.3 Å². The van der Waals surface area contributed by atoms with Gasteiger partial charge in [0.05, 0.1) is 12.1 Å². The normalized spacial score (nSPS) is 18.6. The number of piperidine rings is 1. The highest BCUT2D eigenvalue weighted by molar-refractivity contribution is 7.11. The minimum absolute atomic E-state index is 0.345. The number of aromatic nitrogens is 1. The second-order valence-corrected chi connectivity index (χ2v) is 6.43. The first-order valence-electron chi connectivity index (χ1n) is 7.23. The summed E-state index contributed by atoms with van der Waals surface area (Å²) in [4.78, 5) is 5.68. The van der Waals surface area contributed by atoms with Crippen LogP contribution in [-0.2, 0) is 4.74 Å². The van der Waals surface area contributed by atoms with E-state index in [-0.39, 0.29) is 0 Å². The van der Waals surface area contributed by atoms with E-state index in [1.807, 2.05) is 6.20 Å². The molecule has 0 bridgehead atoms. The Hall–Kier alpha value is -0.490. The molecule has 108 valence electrons. The zero-order valence-corrected chi connectivity index (χ0v) is 12.8. The van der Waals surface area contributed by atoms with Crippen molar-refractivity contribution in [2.75, 3.05) is 26.2 Å². The summed E-state index contributed by atoms with van der Waals surface area (Å²) in [5.74, 6) is 0. The summed E-state index contributed by atoms with van der Waals surface area (Å²) in [7, 11) is 0. The molecule has 1 aliphatic heterocycles. The lowest BCUT2D eigenvalue weighted by Gasteiger charge is -2.23. The molecule has 1 saturated heterocycles. The molecule has 1 unspecified atom stereocenters. The summed E-state index contributed by atoms with van der Waals surface area (Å²) < 4.78 is 5.88. The van der Waals surface area contributed by atoms with Gasteiger partial charge in [-0.25, -0.2) is 4.98 Å². The third-order valence-electron chi connectivity index (χ3n) is 3.42. The molecule has 2 heterocycles. The third-order valence-corrected chi connectivity index (χ3v) is 4.52. The van der Waals surface area contributed by atoms with Crippen molar-refractivity contribution in [2.24, 2.45) is 0 Å². The van der Waals surface area contributed by atoms with Crippen molar-refractivity contribution in [1.82, 2.24) is 15.6 Å². The zero-order valence-electron chi connectivity index (χ0n) is 11.9. The fourth-order valence-electron chi connectivity index (χ4n) is 2.26. The number of hydrogen-bond donors (Lipinski definition) is 2. The topological polar surface area (TPSA) is 46.2 Å². The van der Waals surface area contributed by atoms with Crippen molar-refractivity contribution >= 4 is 11.3 Å². The molecule has 19 heavy (non-hydrogen) atoms. The van der Waals surface area contributed by atoms with Gasteiger partial charge in [-0.1, -0.05) is 0 Å². The van der Waals surface area contributed by atoms with Crippen molar-refractivity contribution in [3.63, 3.8) is 0 Å². The first kappa shape index (κ1) is 14.9. The lowest BCUT2D eigenvalue weighted by molar-refractivity contribution is 0.0316. The first-order chi connectivity index (χ1) is 9.25. The van der Waals surface area contributed by atoms with Crippen LogP contribution in [0.3, 0.4) is 0 Å². The average molecular weight is 283 g/mol. The van der Waals surface area contributed by atoms with Gasteiger partial charge in [-0.05, 0) is 52.7 Å². The van der Waals surface area contributed by atoms with Crippen molar-refractivity contribution in [3.8, 4) is 0 Å². The largest absolute Gasteiger partial charge is 0.378 e. The molecule has 1 aromatic heterocycles. The predicted octanol–water partition coefficient (Wildman–Crippen LogP) is 2.26.